The minimum Gasteiger partial charge on any atom is -0.497 e. The molecule has 0 bridgehead atoms. The van der Waals surface area contributed by atoms with Gasteiger partial charge in [-0.2, -0.15) is 4.52 Å². The molecule has 11 heteroatoms. The first kappa shape index (κ1) is 23.6. The van der Waals surface area contributed by atoms with Crippen LogP contribution in [0.25, 0.3) is 17.0 Å². The number of benzene rings is 2. The fourth-order valence-electron chi connectivity index (χ4n) is 3.40. The molecular formula is C24H25N5O6. The van der Waals surface area contributed by atoms with Gasteiger partial charge >= 0.3 is 0 Å². The average molecular weight is 479 g/mol. The van der Waals surface area contributed by atoms with Crippen LogP contribution in [0.1, 0.15) is 10.4 Å². The van der Waals surface area contributed by atoms with Crippen molar-refractivity contribution in [2.24, 2.45) is 0 Å². The van der Waals surface area contributed by atoms with Gasteiger partial charge in [-0.1, -0.05) is 0 Å². The number of nitrogens with zero attached hydrogens (tertiary/aromatic N) is 4. The highest BCUT2D eigenvalue weighted by molar-refractivity contribution is 5.97. The second-order valence-electron chi connectivity index (χ2n) is 7.20. The minimum absolute atomic E-state index is 0.200. The minimum atomic E-state index is -0.288. The van der Waals surface area contributed by atoms with E-state index in [1.165, 1.54) is 7.11 Å². The summed E-state index contributed by atoms with van der Waals surface area (Å²) in [6.07, 6.45) is 0. The van der Waals surface area contributed by atoms with Gasteiger partial charge in [0.05, 0.1) is 46.1 Å². The largest absolute Gasteiger partial charge is 0.497 e. The predicted octanol–water partition coefficient (Wildman–Crippen LogP) is 2.63. The van der Waals surface area contributed by atoms with Gasteiger partial charge in [0.1, 0.15) is 29.6 Å². The van der Waals surface area contributed by atoms with E-state index in [4.69, 9.17) is 23.7 Å². The topological polar surface area (TPSA) is 118 Å². The number of hydrogen-bond acceptors (Lipinski definition) is 9. The summed E-state index contributed by atoms with van der Waals surface area (Å²) < 4.78 is 28.5. The first-order chi connectivity index (χ1) is 17.1. The molecule has 2 aromatic carbocycles. The van der Waals surface area contributed by atoms with Crippen LogP contribution in [0.15, 0.2) is 48.5 Å². The lowest BCUT2D eigenvalue weighted by molar-refractivity contribution is 0.0943. The van der Waals surface area contributed by atoms with E-state index in [2.05, 4.69) is 20.6 Å². The molecule has 0 saturated heterocycles. The quantitative estimate of drug-likeness (QED) is 0.342. The first-order valence-electron chi connectivity index (χ1n) is 10.7. The van der Waals surface area contributed by atoms with E-state index >= 15 is 0 Å². The number of amides is 1. The Morgan fingerprint density at radius 1 is 0.857 bits per heavy atom. The number of aromatic nitrogens is 4. The molecule has 0 aliphatic rings. The number of carbonyl (C=O) groups is 1. The Balaban J connectivity index is 1.44. The Bertz CT molecular complexity index is 1340. The molecule has 0 aliphatic carbocycles. The van der Waals surface area contributed by atoms with Crippen molar-refractivity contribution in [3.63, 3.8) is 0 Å². The van der Waals surface area contributed by atoms with Crippen molar-refractivity contribution in [3.8, 4) is 40.3 Å². The molecule has 0 fully saturated rings. The van der Waals surface area contributed by atoms with E-state index in [0.717, 1.165) is 0 Å². The van der Waals surface area contributed by atoms with E-state index in [9.17, 15) is 4.79 Å². The fourth-order valence-corrected chi connectivity index (χ4v) is 3.40. The summed E-state index contributed by atoms with van der Waals surface area (Å²) in [5.41, 5.74) is 1.65. The summed E-state index contributed by atoms with van der Waals surface area (Å²) in [5, 5.41) is 15.7. The van der Waals surface area contributed by atoms with Crippen LogP contribution < -0.4 is 29.0 Å². The second-order valence-corrected chi connectivity index (χ2v) is 7.20. The highest BCUT2D eigenvalue weighted by atomic mass is 16.5. The van der Waals surface area contributed by atoms with Crippen molar-refractivity contribution in [2.45, 2.75) is 0 Å². The summed E-state index contributed by atoms with van der Waals surface area (Å²) in [5.74, 6) is 2.80. The SMILES string of the molecule is COc1ccc(C(=O)NCCOc2ccc3nnc(-c4ccc(OC)cc4OC)n3n2)c(OC)c1. The summed E-state index contributed by atoms with van der Waals surface area (Å²) in [7, 11) is 6.20. The molecule has 2 heterocycles. The highest BCUT2D eigenvalue weighted by Gasteiger charge is 2.16. The molecule has 4 aromatic rings. The maximum absolute atomic E-state index is 12.5. The van der Waals surface area contributed by atoms with E-state index in [-0.39, 0.29) is 19.1 Å². The molecule has 0 atom stereocenters. The fraction of sp³-hybridized carbons (Fsp3) is 0.250. The Morgan fingerprint density at radius 2 is 1.57 bits per heavy atom. The molecule has 1 N–H and O–H groups in total. The van der Waals surface area contributed by atoms with E-state index in [1.54, 1.807) is 68.3 Å². The number of methoxy groups -OCH3 is 4. The van der Waals surface area contributed by atoms with E-state index < -0.39 is 0 Å². The van der Waals surface area contributed by atoms with Crippen molar-refractivity contribution >= 4 is 11.6 Å². The molecule has 35 heavy (non-hydrogen) atoms. The molecule has 4 rings (SSSR count). The second kappa shape index (κ2) is 10.6. The van der Waals surface area contributed by atoms with Gasteiger partial charge in [0, 0.05) is 18.2 Å². The predicted molar refractivity (Wildman–Crippen MR) is 127 cm³/mol. The number of fused-ring (bicyclic) bond motifs is 1. The third-order valence-electron chi connectivity index (χ3n) is 5.18. The lowest BCUT2D eigenvalue weighted by Crippen LogP contribution is -2.28. The van der Waals surface area contributed by atoms with Crippen LogP contribution in [0.2, 0.25) is 0 Å². The number of nitrogens with one attached hydrogen (secondary N) is 1. The zero-order valence-corrected chi connectivity index (χ0v) is 19.8. The molecule has 0 spiro atoms. The van der Waals surface area contributed by atoms with Gasteiger partial charge in [0.15, 0.2) is 11.5 Å². The Hall–Kier alpha value is -4.54. The standard InChI is InChI=1S/C24H25N5O6/c1-31-15-5-7-17(19(13-15)33-3)23-27-26-21-9-10-22(28-29(21)23)35-12-11-25-24(30)18-8-6-16(32-2)14-20(18)34-4/h5-10,13-14H,11-12H2,1-4H3,(H,25,30). The third-order valence-corrected chi connectivity index (χ3v) is 5.18. The number of ether oxygens (including phenoxy) is 5. The van der Waals surface area contributed by atoms with Crippen molar-refractivity contribution in [1.29, 1.82) is 0 Å². The maximum atomic E-state index is 12.5. The van der Waals surface area contributed by atoms with Gasteiger partial charge < -0.3 is 29.0 Å². The molecule has 0 aliphatic heterocycles. The number of carbonyl (C=O) groups excluding carboxylic acids is 1. The normalized spacial score (nSPS) is 10.6. The number of hydrogen-bond donors (Lipinski definition) is 1. The van der Waals surface area contributed by atoms with Gasteiger partial charge in [-0.05, 0) is 30.3 Å². The van der Waals surface area contributed by atoms with Crippen molar-refractivity contribution < 1.29 is 28.5 Å². The van der Waals surface area contributed by atoms with Crippen LogP contribution in [0.5, 0.6) is 28.9 Å². The van der Waals surface area contributed by atoms with Crippen molar-refractivity contribution in [2.75, 3.05) is 41.6 Å². The maximum Gasteiger partial charge on any atom is 0.255 e. The van der Waals surface area contributed by atoms with Gasteiger partial charge in [0.25, 0.3) is 5.91 Å². The van der Waals surface area contributed by atoms with E-state index in [0.29, 0.717) is 51.5 Å². The lowest BCUT2D eigenvalue weighted by Gasteiger charge is -2.11. The molecular weight excluding hydrogens is 454 g/mol. The van der Waals surface area contributed by atoms with Crippen LogP contribution in [0.4, 0.5) is 0 Å². The average Bonchev–Trinajstić information content (AvgIpc) is 3.33. The molecule has 2 aromatic heterocycles. The van der Waals surface area contributed by atoms with Gasteiger partial charge in [-0.25, -0.2) is 0 Å². The smallest absolute Gasteiger partial charge is 0.255 e. The molecule has 0 unspecified atom stereocenters. The van der Waals surface area contributed by atoms with Gasteiger partial charge in [-0.3, -0.25) is 4.79 Å². The van der Waals surface area contributed by atoms with Gasteiger partial charge in [0.2, 0.25) is 5.88 Å². The van der Waals surface area contributed by atoms with Gasteiger partial charge in [-0.15, -0.1) is 15.3 Å². The summed E-state index contributed by atoms with van der Waals surface area (Å²) in [4.78, 5) is 12.5. The summed E-state index contributed by atoms with van der Waals surface area (Å²) in [6.45, 7) is 0.459. The lowest BCUT2D eigenvalue weighted by atomic mass is 10.1. The van der Waals surface area contributed by atoms with Crippen LogP contribution >= 0.6 is 0 Å². The van der Waals surface area contributed by atoms with Crippen LogP contribution in [0.3, 0.4) is 0 Å². The summed E-state index contributed by atoms with van der Waals surface area (Å²) >= 11 is 0. The zero-order valence-electron chi connectivity index (χ0n) is 19.8. The Morgan fingerprint density at radius 3 is 2.29 bits per heavy atom. The van der Waals surface area contributed by atoms with Crippen molar-refractivity contribution in [1.82, 2.24) is 25.1 Å². The van der Waals surface area contributed by atoms with Crippen LogP contribution in [-0.4, -0.2) is 67.3 Å². The number of rotatable bonds is 10. The van der Waals surface area contributed by atoms with Crippen LogP contribution in [-0.2, 0) is 0 Å². The highest BCUT2D eigenvalue weighted by Crippen LogP contribution is 2.32. The molecule has 1 amide bonds. The Kier molecular flexibility index (Phi) is 7.15. The summed E-state index contributed by atoms with van der Waals surface area (Å²) in [6, 6.07) is 13.8. The molecule has 0 radical (unpaired) electrons. The van der Waals surface area contributed by atoms with E-state index in [1.807, 2.05) is 6.07 Å². The molecule has 11 nitrogen and oxygen atoms in total. The molecule has 182 valence electrons. The third kappa shape index (κ3) is 5.03. The van der Waals surface area contributed by atoms with Crippen LogP contribution in [0, 0.1) is 0 Å². The van der Waals surface area contributed by atoms with Crippen molar-refractivity contribution in [3.05, 3.63) is 54.1 Å². The first-order valence-corrected chi connectivity index (χ1v) is 10.7. The molecule has 0 saturated carbocycles. The zero-order chi connectivity index (χ0) is 24.8. The Labute approximate surface area is 201 Å². The monoisotopic (exact) mass is 479 g/mol.